The summed E-state index contributed by atoms with van der Waals surface area (Å²) in [5.41, 5.74) is 2.03. The van der Waals surface area contributed by atoms with Gasteiger partial charge in [0.25, 0.3) is 0 Å². The van der Waals surface area contributed by atoms with Gasteiger partial charge >= 0.3 is 0 Å². The number of rotatable bonds is 0. The summed E-state index contributed by atoms with van der Waals surface area (Å²) in [4.78, 5) is 4.13. The van der Waals surface area contributed by atoms with Crippen molar-refractivity contribution in [2.75, 3.05) is 11.9 Å². The first kappa shape index (κ1) is 5.77. The molecule has 1 N–H and O–H groups in total. The monoisotopic (exact) mass is 130 g/mol. The quantitative estimate of drug-likeness (QED) is 0.493. The summed E-state index contributed by atoms with van der Waals surface area (Å²) in [6.07, 6.45) is 2.74. The van der Waals surface area contributed by atoms with Crippen LogP contribution in [0.5, 0.6) is 0 Å². The standard InChI is InChI=1S/C7H7BN2/c8-6-2-4-10-7-5(6)1-3-9-7/h2,4H,1,3H2,(H,9,10). The molecule has 0 saturated carbocycles. The van der Waals surface area contributed by atoms with Gasteiger partial charge in [-0.25, -0.2) is 4.98 Å². The normalized spacial score (nSPS) is 14.4. The molecule has 10 heavy (non-hydrogen) atoms. The van der Waals surface area contributed by atoms with Gasteiger partial charge in [-0.1, -0.05) is 11.5 Å². The highest BCUT2D eigenvalue weighted by molar-refractivity contribution is 6.33. The SMILES string of the molecule is [B]c1ccnc2c1CCN2. The fraction of sp³-hybridized carbons (Fsp3) is 0.286. The number of hydrogen-bond acceptors (Lipinski definition) is 2. The molecule has 2 nitrogen and oxygen atoms in total. The molecule has 1 aliphatic rings. The van der Waals surface area contributed by atoms with E-state index in [-0.39, 0.29) is 0 Å². The summed E-state index contributed by atoms with van der Waals surface area (Å²) in [6.45, 7) is 0.969. The number of nitrogens with one attached hydrogen (secondary N) is 1. The molecule has 0 saturated heterocycles. The Kier molecular flexibility index (Phi) is 1.16. The minimum atomic E-state index is 0.856. The van der Waals surface area contributed by atoms with Crippen LogP contribution in [0.25, 0.3) is 0 Å². The van der Waals surface area contributed by atoms with E-state index in [0.29, 0.717) is 0 Å². The predicted molar refractivity (Wildman–Crippen MR) is 41.8 cm³/mol. The molecular formula is C7H7BN2. The smallest absolute Gasteiger partial charge is 0.128 e. The first-order chi connectivity index (χ1) is 4.88. The average molecular weight is 130 g/mol. The van der Waals surface area contributed by atoms with Crippen molar-refractivity contribution in [3.63, 3.8) is 0 Å². The summed E-state index contributed by atoms with van der Waals surface area (Å²) in [6, 6.07) is 1.84. The van der Waals surface area contributed by atoms with Gasteiger partial charge in [0.1, 0.15) is 13.7 Å². The molecule has 1 aliphatic heterocycles. The zero-order valence-electron chi connectivity index (χ0n) is 5.59. The molecule has 0 bridgehead atoms. The van der Waals surface area contributed by atoms with E-state index in [2.05, 4.69) is 10.3 Å². The first-order valence-electron chi connectivity index (χ1n) is 3.35. The number of aromatic nitrogens is 1. The van der Waals surface area contributed by atoms with Crippen LogP contribution in [0.2, 0.25) is 0 Å². The van der Waals surface area contributed by atoms with Gasteiger partial charge in [0.2, 0.25) is 0 Å². The van der Waals surface area contributed by atoms with E-state index in [9.17, 15) is 0 Å². The number of nitrogens with zero attached hydrogens (tertiary/aromatic N) is 1. The Hall–Kier alpha value is -0.985. The lowest BCUT2D eigenvalue weighted by Crippen LogP contribution is -2.08. The van der Waals surface area contributed by atoms with Gasteiger partial charge in [0, 0.05) is 12.7 Å². The van der Waals surface area contributed by atoms with Crippen LogP contribution in [0, 0.1) is 0 Å². The van der Waals surface area contributed by atoms with Crippen molar-refractivity contribution in [1.82, 2.24) is 4.98 Å². The Bertz CT molecular complexity index is 260. The Morgan fingerprint density at radius 3 is 3.30 bits per heavy atom. The van der Waals surface area contributed by atoms with Gasteiger partial charge in [-0.05, 0) is 12.0 Å². The van der Waals surface area contributed by atoms with Crippen LogP contribution in [0.15, 0.2) is 12.3 Å². The molecule has 2 heterocycles. The topological polar surface area (TPSA) is 24.9 Å². The van der Waals surface area contributed by atoms with Crippen LogP contribution in [-0.4, -0.2) is 19.4 Å². The van der Waals surface area contributed by atoms with Crippen LogP contribution in [-0.2, 0) is 6.42 Å². The van der Waals surface area contributed by atoms with Crippen LogP contribution >= 0.6 is 0 Å². The van der Waals surface area contributed by atoms with E-state index in [1.54, 1.807) is 6.20 Å². The lowest BCUT2D eigenvalue weighted by Gasteiger charge is -1.99. The van der Waals surface area contributed by atoms with Gasteiger partial charge in [-0.15, -0.1) is 0 Å². The van der Waals surface area contributed by atoms with Gasteiger partial charge in [-0.2, -0.15) is 0 Å². The third-order valence-corrected chi connectivity index (χ3v) is 1.76. The number of anilines is 1. The Morgan fingerprint density at radius 2 is 2.50 bits per heavy atom. The summed E-state index contributed by atoms with van der Waals surface area (Å²) in [5, 5.41) is 3.15. The second-order valence-corrected chi connectivity index (χ2v) is 2.40. The lowest BCUT2D eigenvalue weighted by atomic mass is 9.91. The molecule has 0 aromatic carbocycles. The van der Waals surface area contributed by atoms with Crippen molar-refractivity contribution in [3.8, 4) is 0 Å². The Labute approximate surface area is 61.1 Å². The van der Waals surface area contributed by atoms with E-state index in [0.717, 1.165) is 24.2 Å². The van der Waals surface area contributed by atoms with Crippen LogP contribution < -0.4 is 10.8 Å². The third kappa shape index (κ3) is 0.702. The summed E-state index contributed by atoms with van der Waals surface area (Å²) in [7, 11) is 5.69. The molecule has 2 radical (unpaired) electrons. The Morgan fingerprint density at radius 1 is 1.60 bits per heavy atom. The van der Waals surface area contributed by atoms with Crippen molar-refractivity contribution in [2.45, 2.75) is 6.42 Å². The highest BCUT2D eigenvalue weighted by Crippen LogP contribution is 2.14. The molecule has 48 valence electrons. The third-order valence-electron chi connectivity index (χ3n) is 1.76. The highest BCUT2D eigenvalue weighted by Gasteiger charge is 2.11. The molecule has 0 spiro atoms. The van der Waals surface area contributed by atoms with E-state index >= 15 is 0 Å². The molecular weight excluding hydrogens is 123 g/mol. The van der Waals surface area contributed by atoms with Crippen LogP contribution in [0.3, 0.4) is 0 Å². The number of pyridine rings is 1. The second kappa shape index (κ2) is 2.01. The Balaban J connectivity index is 2.59. The van der Waals surface area contributed by atoms with E-state index < -0.39 is 0 Å². The highest BCUT2D eigenvalue weighted by atomic mass is 15.0. The lowest BCUT2D eigenvalue weighted by molar-refractivity contribution is 1.11. The zero-order valence-corrected chi connectivity index (χ0v) is 5.59. The molecule has 3 heteroatoms. The number of hydrogen-bond donors (Lipinski definition) is 1. The van der Waals surface area contributed by atoms with Crippen LogP contribution in [0.1, 0.15) is 5.56 Å². The fourth-order valence-corrected chi connectivity index (χ4v) is 1.23. The predicted octanol–water partition coefficient (Wildman–Crippen LogP) is -0.157. The summed E-state index contributed by atoms with van der Waals surface area (Å²) in [5.74, 6) is 0.958. The summed E-state index contributed by atoms with van der Waals surface area (Å²) >= 11 is 0. The van der Waals surface area contributed by atoms with Crippen molar-refractivity contribution < 1.29 is 0 Å². The molecule has 1 aromatic heterocycles. The first-order valence-corrected chi connectivity index (χ1v) is 3.35. The molecule has 2 rings (SSSR count). The van der Waals surface area contributed by atoms with Crippen LogP contribution in [0.4, 0.5) is 5.82 Å². The van der Waals surface area contributed by atoms with Crippen molar-refractivity contribution in [2.24, 2.45) is 0 Å². The molecule has 0 atom stereocenters. The van der Waals surface area contributed by atoms with Gasteiger partial charge in [0.15, 0.2) is 0 Å². The maximum Gasteiger partial charge on any atom is 0.128 e. The maximum absolute atomic E-state index is 5.69. The van der Waals surface area contributed by atoms with Crippen molar-refractivity contribution in [1.29, 1.82) is 0 Å². The fourth-order valence-electron chi connectivity index (χ4n) is 1.23. The largest absolute Gasteiger partial charge is 0.370 e. The van der Waals surface area contributed by atoms with E-state index in [4.69, 9.17) is 7.85 Å². The summed E-state index contributed by atoms with van der Waals surface area (Å²) < 4.78 is 0. The molecule has 0 fully saturated rings. The second-order valence-electron chi connectivity index (χ2n) is 2.40. The molecule has 0 aliphatic carbocycles. The molecule has 0 unspecified atom stereocenters. The van der Waals surface area contributed by atoms with Gasteiger partial charge < -0.3 is 5.32 Å². The van der Waals surface area contributed by atoms with Crippen molar-refractivity contribution >= 4 is 19.1 Å². The van der Waals surface area contributed by atoms with E-state index in [1.807, 2.05) is 6.07 Å². The minimum Gasteiger partial charge on any atom is -0.370 e. The van der Waals surface area contributed by atoms with E-state index in [1.165, 1.54) is 5.56 Å². The van der Waals surface area contributed by atoms with Gasteiger partial charge in [0.05, 0.1) is 0 Å². The van der Waals surface area contributed by atoms with Gasteiger partial charge in [-0.3, -0.25) is 0 Å². The number of fused-ring (bicyclic) bond motifs is 1. The minimum absolute atomic E-state index is 0.856. The molecule has 0 amide bonds. The molecule has 1 aromatic rings. The average Bonchev–Trinajstić information content (AvgIpc) is 2.36. The maximum atomic E-state index is 5.69. The van der Waals surface area contributed by atoms with Crippen molar-refractivity contribution in [3.05, 3.63) is 17.8 Å². The zero-order chi connectivity index (χ0) is 6.97.